The van der Waals surface area contributed by atoms with E-state index in [4.69, 9.17) is 10.5 Å². The standard InChI is InChI=1S/C15H32N2O/c1-5-8-9-17(13(4)6-2)15(12-16)10-14(11-15)18-7-3/h13-14H,5-12,16H2,1-4H3. The van der Waals surface area contributed by atoms with Gasteiger partial charge in [-0.25, -0.2) is 0 Å². The summed E-state index contributed by atoms with van der Waals surface area (Å²) in [5.41, 5.74) is 6.31. The molecule has 1 rings (SSSR count). The number of unbranched alkanes of at least 4 members (excludes halogenated alkanes) is 1. The van der Waals surface area contributed by atoms with Gasteiger partial charge in [0, 0.05) is 24.7 Å². The van der Waals surface area contributed by atoms with Crippen molar-refractivity contribution in [3.63, 3.8) is 0 Å². The van der Waals surface area contributed by atoms with Crippen molar-refractivity contribution in [2.45, 2.75) is 77.5 Å². The van der Waals surface area contributed by atoms with Gasteiger partial charge in [0.15, 0.2) is 0 Å². The average molecular weight is 256 g/mol. The Balaban J connectivity index is 2.63. The van der Waals surface area contributed by atoms with E-state index < -0.39 is 0 Å². The van der Waals surface area contributed by atoms with Crippen LogP contribution in [0.3, 0.4) is 0 Å². The van der Waals surface area contributed by atoms with Crippen LogP contribution in [-0.4, -0.2) is 42.3 Å². The van der Waals surface area contributed by atoms with Gasteiger partial charge in [-0.15, -0.1) is 0 Å². The van der Waals surface area contributed by atoms with Crippen molar-refractivity contribution in [3.05, 3.63) is 0 Å². The second-order valence-electron chi connectivity index (χ2n) is 5.72. The minimum atomic E-state index is 0.213. The van der Waals surface area contributed by atoms with Crippen LogP contribution in [0.2, 0.25) is 0 Å². The maximum absolute atomic E-state index is 6.10. The molecular weight excluding hydrogens is 224 g/mol. The molecule has 1 unspecified atom stereocenters. The van der Waals surface area contributed by atoms with Crippen LogP contribution in [0, 0.1) is 0 Å². The second-order valence-corrected chi connectivity index (χ2v) is 5.72. The van der Waals surface area contributed by atoms with Crippen molar-refractivity contribution in [1.82, 2.24) is 4.90 Å². The lowest BCUT2D eigenvalue weighted by Crippen LogP contribution is -2.66. The van der Waals surface area contributed by atoms with Crippen molar-refractivity contribution in [2.75, 3.05) is 19.7 Å². The zero-order valence-corrected chi connectivity index (χ0v) is 12.7. The zero-order chi connectivity index (χ0) is 13.6. The van der Waals surface area contributed by atoms with Crippen LogP contribution in [0.25, 0.3) is 0 Å². The summed E-state index contributed by atoms with van der Waals surface area (Å²) in [7, 11) is 0. The summed E-state index contributed by atoms with van der Waals surface area (Å²) in [6.07, 6.45) is 6.39. The van der Waals surface area contributed by atoms with Crippen LogP contribution in [0.15, 0.2) is 0 Å². The molecule has 0 spiro atoms. The monoisotopic (exact) mass is 256 g/mol. The Morgan fingerprint density at radius 1 is 1.33 bits per heavy atom. The molecule has 1 saturated carbocycles. The maximum Gasteiger partial charge on any atom is 0.0611 e. The normalized spacial score (nSPS) is 29.3. The number of ether oxygens (including phenoxy) is 1. The highest BCUT2D eigenvalue weighted by atomic mass is 16.5. The molecular formula is C15H32N2O. The first-order chi connectivity index (χ1) is 8.63. The van der Waals surface area contributed by atoms with Gasteiger partial charge < -0.3 is 10.5 Å². The zero-order valence-electron chi connectivity index (χ0n) is 12.7. The van der Waals surface area contributed by atoms with E-state index >= 15 is 0 Å². The number of hydrogen-bond donors (Lipinski definition) is 1. The molecule has 0 aromatic heterocycles. The molecule has 0 amide bonds. The third-order valence-corrected chi connectivity index (χ3v) is 4.48. The van der Waals surface area contributed by atoms with E-state index in [1.54, 1.807) is 0 Å². The highest BCUT2D eigenvalue weighted by molar-refractivity contribution is 5.05. The van der Waals surface area contributed by atoms with Crippen LogP contribution in [0.4, 0.5) is 0 Å². The number of rotatable bonds is 9. The van der Waals surface area contributed by atoms with E-state index in [0.29, 0.717) is 12.1 Å². The van der Waals surface area contributed by atoms with Crippen LogP contribution in [0.5, 0.6) is 0 Å². The Morgan fingerprint density at radius 2 is 2.00 bits per heavy atom. The van der Waals surface area contributed by atoms with Crippen molar-refractivity contribution in [1.29, 1.82) is 0 Å². The highest BCUT2D eigenvalue weighted by Crippen LogP contribution is 2.40. The number of nitrogens with two attached hydrogens (primary N) is 1. The van der Waals surface area contributed by atoms with Crippen molar-refractivity contribution < 1.29 is 4.74 Å². The molecule has 0 saturated heterocycles. The first-order valence-electron chi connectivity index (χ1n) is 7.71. The average Bonchev–Trinajstić information content (AvgIpc) is 2.34. The molecule has 1 aliphatic rings. The van der Waals surface area contributed by atoms with E-state index in [-0.39, 0.29) is 5.54 Å². The van der Waals surface area contributed by atoms with Gasteiger partial charge in [0.05, 0.1) is 6.10 Å². The summed E-state index contributed by atoms with van der Waals surface area (Å²) in [4.78, 5) is 2.66. The first-order valence-corrected chi connectivity index (χ1v) is 7.71. The lowest BCUT2D eigenvalue weighted by molar-refractivity contribution is -0.112. The molecule has 0 bridgehead atoms. The fourth-order valence-electron chi connectivity index (χ4n) is 3.13. The fourth-order valence-corrected chi connectivity index (χ4v) is 3.13. The highest BCUT2D eigenvalue weighted by Gasteiger charge is 2.48. The van der Waals surface area contributed by atoms with Crippen LogP contribution < -0.4 is 5.73 Å². The van der Waals surface area contributed by atoms with Crippen LogP contribution in [-0.2, 0) is 4.74 Å². The SMILES string of the molecule is CCCCN(C(C)CC)C1(CN)CC(OCC)C1. The third-order valence-electron chi connectivity index (χ3n) is 4.48. The van der Waals surface area contributed by atoms with Crippen molar-refractivity contribution in [2.24, 2.45) is 5.73 Å². The van der Waals surface area contributed by atoms with Gasteiger partial charge in [-0.2, -0.15) is 0 Å². The molecule has 3 heteroatoms. The molecule has 0 aromatic rings. The van der Waals surface area contributed by atoms with Gasteiger partial charge in [0.1, 0.15) is 0 Å². The molecule has 1 aliphatic carbocycles. The van der Waals surface area contributed by atoms with E-state index in [2.05, 4.69) is 32.6 Å². The Kier molecular flexibility index (Phi) is 6.61. The summed E-state index contributed by atoms with van der Waals surface area (Å²) in [6.45, 7) is 11.7. The molecule has 1 fully saturated rings. The predicted octanol–water partition coefficient (Wildman–Crippen LogP) is 2.78. The quantitative estimate of drug-likeness (QED) is 0.689. The van der Waals surface area contributed by atoms with Gasteiger partial charge in [-0.05, 0) is 46.1 Å². The van der Waals surface area contributed by atoms with Gasteiger partial charge >= 0.3 is 0 Å². The topological polar surface area (TPSA) is 38.5 Å². The van der Waals surface area contributed by atoms with E-state index in [1.807, 2.05) is 0 Å². The minimum absolute atomic E-state index is 0.213. The largest absolute Gasteiger partial charge is 0.378 e. The number of hydrogen-bond acceptors (Lipinski definition) is 3. The van der Waals surface area contributed by atoms with Gasteiger partial charge in [-0.1, -0.05) is 20.3 Å². The lowest BCUT2D eigenvalue weighted by atomic mass is 9.71. The van der Waals surface area contributed by atoms with E-state index in [9.17, 15) is 0 Å². The molecule has 18 heavy (non-hydrogen) atoms. The Hall–Kier alpha value is -0.120. The summed E-state index contributed by atoms with van der Waals surface area (Å²) in [5, 5.41) is 0. The molecule has 0 heterocycles. The van der Waals surface area contributed by atoms with Crippen LogP contribution >= 0.6 is 0 Å². The van der Waals surface area contributed by atoms with Gasteiger partial charge in [0.2, 0.25) is 0 Å². The summed E-state index contributed by atoms with van der Waals surface area (Å²) >= 11 is 0. The summed E-state index contributed by atoms with van der Waals surface area (Å²) in [6, 6.07) is 0.627. The first kappa shape index (κ1) is 15.9. The van der Waals surface area contributed by atoms with Gasteiger partial charge in [-0.3, -0.25) is 4.90 Å². The minimum Gasteiger partial charge on any atom is -0.378 e. The predicted molar refractivity (Wildman–Crippen MR) is 77.8 cm³/mol. The third kappa shape index (κ3) is 3.46. The summed E-state index contributed by atoms with van der Waals surface area (Å²) < 4.78 is 5.72. The fraction of sp³-hybridized carbons (Fsp3) is 1.00. The molecule has 108 valence electrons. The van der Waals surface area contributed by atoms with E-state index in [0.717, 1.165) is 26.0 Å². The van der Waals surface area contributed by atoms with Crippen molar-refractivity contribution in [3.8, 4) is 0 Å². The second kappa shape index (κ2) is 7.46. The number of nitrogens with zero attached hydrogens (tertiary/aromatic N) is 1. The van der Waals surface area contributed by atoms with Crippen LogP contribution in [0.1, 0.15) is 59.8 Å². The molecule has 0 radical (unpaired) electrons. The Labute approximate surface area is 113 Å². The Bertz CT molecular complexity index is 227. The molecule has 1 atom stereocenters. The molecule has 3 nitrogen and oxygen atoms in total. The smallest absolute Gasteiger partial charge is 0.0611 e. The van der Waals surface area contributed by atoms with Crippen molar-refractivity contribution >= 4 is 0 Å². The molecule has 0 aromatic carbocycles. The van der Waals surface area contributed by atoms with E-state index in [1.165, 1.54) is 25.8 Å². The van der Waals surface area contributed by atoms with Gasteiger partial charge in [0.25, 0.3) is 0 Å². The maximum atomic E-state index is 6.10. The molecule has 0 aliphatic heterocycles. The summed E-state index contributed by atoms with van der Waals surface area (Å²) in [5.74, 6) is 0. The lowest BCUT2D eigenvalue weighted by Gasteiger charge is -2.55. The molecule has 2 N–H and O–H groups in total. The Morgan fingerprint density at radius 3 is 2.44 bits per heavy atom.